The van der Waals surface area contributed by atoms with Gasteiger partial charge in [0, 0.05) is 40.8 Å². The Kier molecular flexibility index (Phi) is 20.6. The van der Waals surface area contributed by atoms with Crippen molar-refractivity contribution in [1.82, 2.24) is 0 Å². The number of hydrogen-bond acceptors (Lipinski definition) is 2. The summed E-state index contributed by atoms with van der Waals surface area (Å²) in [5.74, 6) is 0. The molecule has 0 aliphatic heterocycles. The normalized spacial score (nSPS) is 5.33. The van der Waals surface area contributed by atoms with E-state index in [4.69, 9.17) is 28.1 Å². The van der Waals surface area contributed by atoms with Crippen LogP contribution in [-0.2, 0) is 8.92 Å². The summed E-state index contributed by atoms with van der Waals surface area (Å²) in [6.07, 6.45) is 0. The van der Waals surface area contributed by atoms with Crippen LogP contribution in [0, 0.1) is 40.8 Å². The summed E-state index contributed by atoms with van der Waals surface area (Å²) in [7, 11) is -6.26. The molecule has 0 fully saturated rings. The van der Waals surface area contributed by atoms with Gasteiger partial charge in [0.2, 0.25) is 0 Å². The zero-order chi connectivity index (χ0) is 7.15. The Morgan fingerprint density at radius 2 is 0.778 bits per heavy atom. The average molecular weight is 300 g/mol. The van der Waals surface area contributed by atoms with E-state index in [9.17, 15) is 0 Å². The van der Waals surface area contributed by atoms with Gasteiger partial charge in [0.25, 0.3) is 0 Å². The first-order valence-corrected chi connectivity index (χ1v) is 3.91. The van der Waals surface area contributed by atoms with Crippen LogP contribution >= 0.6 is 0 Å². The van der Waals surface area contributed by atoms with E-state index >= 15 is 0 Å². The SMILES string of the molecule is O=[Si](O)O.O=[Si](O)O.[Nd]. The quantitative estimate of drug-likeness (QED) is 0.350. The van der Waals surface area contributed by atoms with Crippen molar-refractivity contribution in [2.75, 3.05) is 0 Å². The van der Waals surface area contributed by atoms with E-state index < -0.39 is 18.3 Å². The molecule has 0 aromatic carbocycles. The third kappa shape index (κ3) is 1090. The fraction of sp³-hybridized carbons (Fsp3) is 0. The van der Waals surface area contributed by atoms with Crippen LogP contribution in [0.15, 0.2) is 0 Å². The molecule has 9 heavy (non-hydrogen) atoms. The fourth-order valence-electron chi connectivity index (χ4n) is 0. The van der Waals surface area contributed by atoms with Gasteiger partial charge in [0.05, 0.1) is 0 Å². The molecule has 0 amide bonds. The number of rotatable bonds is 0. The maximum Gasteiger partial charge on any atom is 0.761 e. The molecule has 0 bridgehead atoms. The summed E-state index contributed by atoms with van der Waals surface area (Å²) >= 11 is 0. The standard InChI is InChI=1S/Nd.2H2O3Si/c;2*1-4(2)3/h;2*1-2H. The molecule has 0 rings (SSSR count). The molecule has 0 unspecified atom stereocenters. The van der Waals surface area contributed by atoms with E-state index in [0.29, 0.717) is 0 Å². The first-order chi connectivity index (χ1) is 3.46. The van der Waals surface area contributed by atoms with Gasteiger partial charge in [-0.3, -0.25) is 8.92 Å². The van der Waals surface area contributed by atoms with E-state index in [2.05, 4.69) is 0 Å². The van der Waals surface area contributed by atoms with Crippen molar-refractivity contribution < 1.29 is 68.9 Å². The molecule has 0 saturated heterocycles. The van der Waals surface area contributed by atoms with Crippen molar-refractivity contribution in [2.45, 2.75) is 0 Å². The van der Waals surface area contributed by atoms with Crippen LogP contribution in [0.25, 0.3) is 0 Å². The molecular formula is H4NdO6Si2. The smallest absolute Gasteiger partial charge is 0.511 e. The zero-order valence-electron chi connectivity index (χ0n) is 4.11. The van der Waals surface area contributed by atoms with Crippen LogP contribution < -0.4 is 0 Å². The Balaban J connectivity index is -0.0000000720. The Morgan fingerprint density at radius 3 is 0.778 bits per heavy atom. The molecule has 0 spiro atoms. The molecule has 9 heteroatoms. The van der Waals surface area contributed by atoms with Gasteiger partial charge in [-0.25, -0.2) is 0 Å². The monoisotopic (exact) mass is 298 g/mol. The Hall–Kier alpha value is 0.584. The Bertz CT molecular complexity index is 69.1. The van der Waals surface area contributed by atoms with Gasteiger partial charge in [-0.2, -0.15) is 0 Å². The summed E-state index contributed by atoms with van der Waals surface area (Å²) in [6, 6.07) is 0. The predicted molar refractivity (Wildman–Crippen MR) is 21.8 cm³/mol. The summed E-state index contributed by atoms with van der Waals surface area (Å²) in [4.78, 5) is 28.6. The largest absolute Gasteiger partial charge is 0.761 e. The Morgan fingerprint density at radius 1 is 0.778 bits per heavy atom. The van der Waals surface area contributed by atoms with E-state index in [1.807, 2.05) is 0 Å². The van der Waals surface area contributed by atoms with E-state index in [-0.39, 0.29) is 40.8 Å². The first-order valence-electron chi connectivity index (χ1n) is 1.30. The van der Waals surface area contributed by atoms with Crippen molar-refractivity contribution >= 4 is 18.3 Å². The van der Waals surface area contributed by atoms with Crippen molar-refractivity contribution in [1.29, 1.82) is 0 Å². The third-order valence-corrected chi connectivity index (χ3v) is 0. The van der Waals surface area contributed by atoms with E-state index in [1.54, 1.807) is 0 Å². The third-order valence-electron chi connectivity index (χ3n) is 0. The van der Waals surface area contributed by atoms with Gasteiger partial charge in [-0.15, -0.1) is 0 Å². The molecule has 0 saturated carbocycles. The van der Waals surface area contributed by atoms with Crippen LogP contribution in [0.4, 0.5) is 0 Å². The molecule has 6 nitrogen and oxygen atoms in total. The molecule has 4 N–H and O–H groups in total. The molecule has 0 aliphatic carbocycles. The second-order valence-corrected chi connectivity index (χ2v) is 1.70. The minimum Gasteiger partial charge on any atom is -0.511 e. The van der Waals surface area contributed by atoms with Gasteiger partial charge in [-0.05, 0) is 0 Å². The number of hydrogen-bond donors (Lipinski definition) is 4. The van der Waals surface area contributed by atoms with Gasteiger partial charge in [-0.1, -0.05) is 0 Å². The average Bonchev–Trinajstić information content (AvgIpc) is 1.25. The van der Waals surface area contributed by atoms with Crippen molar-refractivity contribution in [3.8, 4) is 0 Å². The van der Waals surface area contributed by atoms with Gasteiger partial charge in [0.15, 0.2) is 0 Å². The van der Waals surface area contributed by atoms with Crippen LogP contribution in [0.2, 0.25) is 0 Å². The van der Waals surface area contributed by atoms with Crippen molar-refractivity contribution in [3.63, 3.8) is 0 Å². The summed E-state index contributed by atoms with van der Waals surface area (Å²) in [5.41, 5.74) is 0. The fourth-order valence-corrected chi connectivity index (χ4v) is 0. The van der Waals surface area contributed by atoms with E-state index in [1.165, 1.54) is 0 Å². The van der Waals surface area contributed by atoms with Crippen LogP contribution in [0.5, 0.6) is 0 Å². The molecule has 0 aromatic rings. The minimum atomic E-state index is -3.13. The van der Waals surface area contributed by atoms with Gasteiger partial charge >= 0.3 is 18.3 Å². The molecule has 0 radical (unpaired) electrons. The zero-order valence-corrected chi connectivity index (χ0v) is 9.31. The summed E-state index contributed by atoms with van der Waals surface area (Å²) in [6.45, 7) is 0. The predicted octanol–water partition coefficient (Wildman–Crippen LogP) is -3.23. The van der Waals surface area contributed by atoms with Crippen molar-refractivity contribution in [3.05, 3.63) is 0 Å². The summed E-state index contributed by atoms with van der Waals surface area (Å²) < 4.78 is 17.5. The molecule has 0 heterocycles. The summed E-state index contributed by atoms with van der Waals surface area (Å²) in [5, 5.41) is 0. The Labute approximate surface area is 86.5 Å². The maximum atomic E-state index is 8.74. The van der Waals surface area contributed by atoms with Gasteiger partial charge < -0.3 is 19.2 Å². The van der Waals surface area contributed by atoms with Crippen LogP contribution in [0.3, 0.4) is 0 Å². The molecule has 0 aromatic heterocycles. The molecule has 0 aliphatic rings. The second kappa shape index (κ2) is 11.4. The minimum absolute atomic E-state index is 0. The van der Waals surface area contributed by atoms with Gasteiger partial charge in [0.1, 0.15) is 0 Å². The van der Waals surface area contributed by atoms with Crippen molar-refractivity contribution in [2.24, 2.45) is 0 Å². The maximum absolute atomic E-state index is 8.74. The molecular weight excluding hydrogens is 296 g/mol. The topological polar surface area (TPSA) is 115 Å². The van der Waals surface area contributed by atoms with Crippen LogP contribution in [-0.4, -0.2) is 37.5 Å². The molecule has 52 valence electrons. The van der Waals surface area contributed by atoms with E-state index in [0.717, 1.165) is 0 Å². The van der Waals surface area contributed by atoms with Crippen LogP contribution in [0.1, 0.15) is 0 Å². The second-order valence-electron chi connectivity index (χ2n) is 0.565. The molecule has 0 atom stereocenters. The first kappa shape index (κ1) is 16.3.